The molecule has 356 valence electrons. The van der Waals surface area contributed by atoms with Crippen LogP contribution in [0.15, 0.2) is 77.8 Å². The van der Waals surface area contributed by atoms with E-state index in [0.29, 0.717) is 37.3 Å². The number of piperazine rings is 1. The van der Waals surface area contributed by atoms with Gasteiger partial charge in [-0.1, -0.05) is 12.1 Å². The summed E-state index contributed by atoms with van der Waals surface area (Å²) < 4.78 is 45.5. The lowest BCUT2D eigenvalue weighted by Gasteiger charge is -2.36. The fourth-order valence-electron chi connectivity index (χ4n) is 7.66. The first kappa shape index (κ1) is 48.4. The van der Waals surface area contributed by atoms with Crippen molar-refractivity contribution in [3.63, 3.8) is 0 Å². The molecule has 1 unspecified atom stereocenters. The molecular formula is C46H56N10O10S. The van der Waals surface area contributed by atoms with E-state index in [1.807, 2.05) is 19.1 Å². The molecule has 3 aliphatic rings. The number of fused-ring (bicyclic) bond motifs is 1. The monoisotopic (exact) mass is 940 g/mol. The Morgan fingerprint density at radius 3 is 2.33 bits per heavy atom. The first-order valence-electron chi connectivity index (χ1n) is 22.0. The second-order valence-corrected chi connectivity index (χ2v) is 18.9. The van der Waals surface area contributed by atoms with Gasteiger partial charge in [-0.25, -0.2) is 18.1 Å². The number of nitrogens with zero attached hydrogens (tertiary/aromatic N) is 5. The van der Waals surface area contributed by atoms with Crippen LogP contribution in [0.5, 0.6) is 5.75 Å². The highest BCUT2D eigenvalue weighted by Gasteiger charge is 2.46. The van der Waals surface area contributed by atoms with Crippen LogP contribution in [0.25, 0.3) is 0 Å². The number of imide groups is 2. The van der Waals surface area contributed by atoms with Crippen LogP contribution in [0.2, 0.25) is 0 Å². The first-order valence-corrected chi connectivity index (χ1v) is 23.5. The van der Waals surface area contributed by atoms with Crippen LogP contribution in [0, 0.1) is 6.92 Å². The number of rotatable bonds is 20. The Morgan fingerprint density at radius 2 is 1.60 bits per heavy atom. The Morgan fingerprint density at radius 1 is 0.866 bits per heavy atom. The summed E-state index contributed by atoms with van der Waals surface area (Å²) in [6.45, 7) is 12.9. The maximum absolute atomic E-state index is 13.2. The third kappa shape index (κ3) is 12.7. The van der Waals surface area contributed by atoms with Crippen molar-refractivity contribution in [3.8, 4) is 5.75 Å². The molecule has 20 nitrogen and oxygen atoms in total. The molecule has 5 N–H and O–H groups in total. The van der Waals surface area contributed by atoms with E-state index in [9.17, 15) is 32.4 Å². The molecule has 1 atom stereocenters. The smallest absolute Gasteiger partial charge is 0.266 e. The van der Waals surface area contributed by atoms with Crippen LogP contribution >= 0.6 is 0 Å². The van der Waals surface area contributed by atoms with Crippen molar-refractivity contribution in [2.45, 2.75) is 57.0 Å². The van der Waals surface area contributed by atoms with Gasteiger partial charge in [0, 0.05) is 80.1 Å². The average Bonchev–Trinajstić information content (AvgIpc) is 3.54. The lowest BCUT2D eigenvalue weighted by molar-refractivity contribution is -0.136. The molecule has 1 aromatic heterocycles. The fourth-order valence-corrected chi connectivity index (χ4v) is 9.12. The number of aromatic nitrogens is 2. The number of ether oxygens (including phenoxy) is 3. The van der Waals surface area contributed by atoms with Crippen molar-refractivity contribution in [1.29, 1.82) is 0 Å². The predicted octanol–water partition coefficient (Wildman–Crippen LogP) is 3.10. The van der Waals surface area contributed by atoms with Crippen molar-refractivity contribution in [1.82, 2.24) is 35.1 Å². The summed E-state index contributed by atoms with van der Waals surface area (Å²) in [5.41, 5.74) is 2.73. The van der Waals surface area contributed by atoms with Gasteiger partial charge in [0.15, 0.2) is 6.61 Å². The lowest BCUT2D eigenvalue weighted by Crippen LogP contribution is -2.54. The number of carbonyl (C=O) groups excluding carboxylic acids is 5. The van der Waals surface area contributed by atoms with E-state index in [1.165, 1.54) is 18.2 Å². The van der Waals surface area contributed by atoms with Gasteiger partial charge in [-0.05, 0) is 88.7 Å². The Balaban J connectivity index is 0.749. The molecule has 67 heavy (non-hydrogen) atoms. The SMILES string of the molecule is Cc1cnc(Nc2ccc(N3CCN(CCOCCOCCNC(=O)COc4cccc5c4C(=O)N(C4CCC(=O)NC4=O)C5=O)CC3)cc2)nc1Nc1cccc(S(=O)(=O)NC(C)(C)C)c1. The molecule has 3 aliphatic heterocycles. The minimum atomic E-state index is -3.71. The van der Waals surface area contributed by atoms with Gasteiger partial charge in [0.1, 0.15) is 17.6 Å². The highest BCUT2D eigenvalue weighted by molar-refractivity contribution is 7.89. The number of nitrogens with one attached hydrogen (secondary N) is 5. The molecule has 2 fully saturated rings. The summed E-state index contributed by atoms with van der Waals surface area (Å²) in [5.74, 6) is -2.00. The number of hydrogen-bond donors (Lipinski definition) is 5. The lowest BCUT2D eigenvalue weighted by atomic mass is 10.0. The van der Waals surface area contributed by atoms with Gasteiger partial charge in [-0.15, -0.1) is 0 Å². The molecule has 3 aromatic carbocycles. The van der Waals surface area contributed by atoms with E-state index in [2.05, 4.69) is 57.9 Å². The summed E-state index contributed by atoms with van der Waals surface area (Å²) in [6.07, 6.45) is 1.75. The van der Waals surface area contributed by atoms with Gasteiger partial charge < -0.3 is 35.1 Å². The van der Waals surface area contributed by atoms with E-state index in [-0.39, 0.29) is 47.8 Å². The number of benzene rings is 3. The summed E-state index contributed by atoms with van der Waals surface area (Å²) in [5, 5.41) is 11.4. The van der Waals surface area contributed by atoms with Crippen LogP contribution in [0.3, 0.4) is 0 Å². The molecule has 0 spiro atoms. The Bertz CT molecular complexity index is 2580. The number of sulfonamides is 1. The van der Waals surface area contributed by atoms with Crippen molar-refractivity contribution < 1.29 is 46.6 Å². The fraction of sp³-hybridized carbons (Fsp3) is 0.413. The molecule has 0 bridgehead atoms. The first-order chi connectivity index (χ1) is 32.0. The second-order valence-electron chi connectivity index (χ2n) is 17.2. The van der Waals surface area contributed by atoms with Gasteiger partial charge in [0.25, 0.3) is 17.7 Å². The van der Waals surface area contributed by atoms with E-state index in [1.54, 1.807) is 51.2 Å². The predicted molar refractivity (Wildman–Crippen MR) is 248 cm³/mol. The largest absolute Gasteiger partial charge is 0.483 e. The third-order valence-corrected chi connectivity index (χ3v) is 12.7. The van der Waals surface area contributed by atoms with E-state index in [0.717, 1.165) is 54.6 Å². The summed E-state index contributed by atoms with van der Waals surface area (Å²) in [4.78, 5) is 77.4. The third-order valence-electron chi connectivity index (χ3n) is 11.0. The van der Waals surface area contributed by atoms with Gasteiger partial charge in [0.2, 0.25) is 27.8 Å². The summed E-state index contributed by atoms with van der Waals surface area (Å²) in [6, 6.07) is 18.0. The highest BCUT2D eigenvalue weighted by atomic mass is 32.2. The maximum Gasteiger partial charge on any atom is 0.266 e. The Labute approximate surface area is 389 Å². The average molecular weight is 941 g/mol. The summed E-state index contributed by atoms with van der Waals surface area (Å²) >= 11 is 0. The van der Waals surface area contributed by atoms with E-state index in [4.69, 9.17) is 14.2 Å². The Hall–Kier alpha value is -6.52. The van der Waals surface area contributed by atoms with Crippen molar-refractivity contribution in [2.75, 3.05) is 87.8 Å². The van der Waals surface area contributed by atoms with E-state index < -0.39 is 57.7 Å². The van der Waals surface area contributed by atoms with Crippen molar-refractivity contribution >= 4 is 68.4 Å². The number of piperidine rings is 1. The quantitative estimate of drug-likeness (QED) is 0.0632. The number of aryl methyl sites for hydroxylation is 1. The molecule has 4 aromatic rings. The number of hydrogen-bond acceptors (Lipinski definition) is 16. The maximum atomic E-state index is 13.2. The molecule has 4 heterocycles. The molecule has 21 heteroatoms. The number of anilines is 5. The second kappa shape index (κ2) is 21.4. The minimum Gasteiger partial charge on any atom is -0.483 e. The summed E-state index contributed by atoms with van der Waals surface area (Å²) in [7, 11) is -3.71. The molecule has 7 rings (SSSR count). The zero-order chi connectivity index (χ0) is 47.7. The molecule has 0 saturated carbocycles. The van der Waals surface area contributed by atoms with Gasteiger partial charge >= 0.3 is 0 Å². The minimum absolute atomic E-state index is 0.00786. The van der Waals surface area contributed by atoms with Gasteiger partial charge in [-0.2, -0.15) is 4.98 Å². The van der Waals surface area contributed by atoms with Crippen molar-refractivity contribution in [2.24, 2.45) is 0 Å². The van der Waals surface area contributed by atoms with Crippen LogP contribution in [-0.4, -0.2) is 142 Å². The molecule has 5 amide bonds. The zero-order valence-corrected chi connectivity index (χ0v) is 38.7. The zero-order valence-electron chi connectivity index (χ0n) is 37.9. The highest BCUT2D eigenvalue weighted by Crippen LogP contribution is 2.34. The number of carbonyl (C=O) groups is 5. The van der Waals surface area contributed by atoms with Gasteiger partial charge in [0.05, 0.1) is 42.4 Å². The standard InChI is InChI=1S/C46H56N10O10S/c1-30-28-48-45(52-41(30)49-32-7-5-8-34(27-32)67(62,63)53-46(2,3)4)50-31-11-13-33(14-12-31)55-20-18-54(19-21-55)22-24-65-26-25-64-23-17-47-39(58)29-66-37-10-6-9-35-40(37)44(61)56(43(35)60)36-15-16-38(57)51-42(36)59/h5-14,27-28,36,53H,15-26,29H2,1-4H3,(H,47,58)(H,51,57,59)(H2,48,49,50,52). The normalized spacial score (nSPS) is 16.7. The van der Waals surface area contributed by atoms with Crippen LogP contribution in [0.1, 0.15) is 59.9 Å². The molecular weight excluding hydrogens is 885 g/mol. The van der Waals surface area contributed by atoms with Crippen molar-refractivity contribution in [3.05, 3.63) is 89.6 Å². The van der Waals surface area contributed by atoms with E-state index >= 15 is 0 Å². The van der Waals surface area contributed by atoms with Crippen LogP contribution in [0.4, 0.5) is 28.8 Å². The van der Waals surface area contributed by atoms with Crippen LogP contribution < -0.4 is 35.6 Å². The molecule has 0 radical (unpaired) electrons. The van der Waals surface area contributed by atoms with Crippen LogP contribution in [-0.2, 0) is 33.9 Å². The van der Waals surface area contributed by atoms with Gasteiger partial charge in [-0.3, -0.25) is 39.1 Å². The molecule has 2 saturated heterocycles. The topological polar surface area (TPSA) is 243 Å². The Kier molecular flexibility index (Phi) is 15.5. The number of amides is 5. The molecule has 0 aliphatic carbocycles.